The van der Waals surface area contributed by atoms with Crippen LogP contribution in [0.3, 0.4) is 0 Å². The molecular formula is C20H19F3N6O3S. The number of nitrogens with zero attached hydrogens (tertiary/aromatic N) is 5. The van der Waals surface area contributed by atoms with Gasteiger partial charge in [-0.25, -0.2) is 0 Å². The largest absolute Gasteiger partial charge is 0.573 e. The second-order valence-electron chi connectivity index (χ2n) is 6.87. The number of tetrazole rings is 1. The molecule has 1 N–H and O–H groups in total. The summed E-state index contributed by atoms with van der Waals surface area (Å²) in [5.41, 5.74) is 2.08. The van der Waals surface area contributed by atoms with Crippen molar-refractivity contribution >= 4 is 29.3 Å². The monoisotopic (exact) mass is 480 g/mol. The molecule has 0 aliphatic heterocycles. The highest BCUT2D eigenvalue weighted by atomic mass is 32.2. The molecule has 13 heteroatoms. The van der Waals surface area contributed by atoms with Crippen molar-refractivity contribution in [1.82, 2.24) is 25.1 Å². The molecule has 3 aromatic rings. The van der Waals surface area contributed by atoms with E-state index in [-0.39, 0.29) is 35.0 Å². The number of thioether (sulfide) groups is 1. The SMILES string of the molecule is Cc1ccc(NC(=O)CN(C)C(=O)CSc2nnnn2-c2ccc(OC(F)(F)F)cc2)cc1. The van der Waals surface area contributed by atoms with Crippen LogP contribution in [-0.2, 0) is 9.59 Å². The van der Waals surface area contributed by atoms with Crippen molar-refractivity contribution in [3.8, 4) is 11.4 Å². The van der Waals surface area contributed by atoms with E-state index in [4.69, 9.17) is 0 Å². The van der Waals surface area contributed by atoms with Crippen LogP contribution in [0.4, 0.5) is 18.9 Å². The topological polar surface area (TPSA) is 102 Å². The fourth-order valence-corrected chi connectivity index (χ4v) is 3.43. The smallest absolute Gasteiger partial charge is 0.406 e. The molecule has 3 rings (SSSR count). The minimum absolute atomic E-state index is 0.0516. The summed E-state index contributed by atoms with van der Waals surface area (Å²) >= 11 is 1.02. The molecule has 0 spiro atoms. The highest BCUT2D eigenvalue weighted by molar-refractivity contribution is 7.99. The van der Waals surface area contributed by atoms with Gasteiger partial charge in [-0.2, -0.15) is 4.68 Å². The number of carbonyl (C=O) groups excluding carboxylic acids is 2. The Balaban J connectivity index is 1.54. The molecule has 1 aromatic heterocycles. The Labute approximate surface area is 190 Å². The number of benzene rings is 2. The average molecular weight is 480 g/mol. The van der Waals surface area contributed by atoms with Gasteiger partial charge in [0.2, 0.25) is 17.0 Å². The Morgan fingerprint density at radius 1 is 1.12 bits per heavy atom. The van der Waals surface area contributed by atoms with Crippen LogP contribution in [0.15, 0.2) is 53.7 Å². The lowest BCUT2D eigenvalue weighted by Crippen LogP contribution is -2.36. The zero-order valence-corrected chi connectivity index (χ0v) is 18.4. The lowest BCUT2D eigenvalue weighted by atomic mass is 10.2. The maximum atomic E-state index is 12.4. The van der Waals surface area contributed by atoms with Crippen molar-refractivity contribution in [3.63, 3.8) is 0 Å². The number of ether oxygens (including phenoxy) is 1. The number of hydrogen-bond donors (Lipinski definition) is 1. The van der Waals surface area contributed by atoms with Gasteiger partial charge in [0.1, 0.15) is 5.75 Å². The van der Waals surface area contributed by atoms with Crippen LogP contribution in [-0.4, -0.2) is 62.6 Å². The Kier molecular flexibility index (Phi) is 7.53. The number of halogens is 3. The number of nitrogens with one attached hydrogen (secondary N) is 1. The second kappa shape index (κ2) is 10.3. The van der Waals surface area contributed by atoms with E-state index in [1.54, 1.807) is 12.1 Å². The molecular weight excluding hydrogens is 461 g/mol. The van der Waals surface area contributed by atoms with E-state index < -0.39 is 6.36 Å². The quantitative estimate of drug-likeness (QED) is 0.495. The molecule has 0 radical (unpaired) electrons. The van der Waals surface area contributed by atoms with Crippen LogP contribution in [0.1, 0.15) is 5.56 Å². The van der Waals surface area contributed by atoms with E-state index in [2.05, 4.69) is 25.6 Å². The molecule has 0 aliphatic rings. The number of aromatic nitrogens is 4. The van der Waals surface area contributed by atoms with Gasteiger partial charge in [0, 0.05) is 12.7 Å². The number of hydrogen-bond acceptors (Lipinski definition) is 7. The molecule has 174 valence electrons. The van der Waals surface area contributed by atoms with Gasteiger partial charge in [-0.3, -0.25) is 9.59 Å². The van der Waals surface area contributed by atoms with Crippen molar-refractivity contribution in [1.29, 1.82) is 0 Å². The summed E-state index contributed by atoms with van der Waals surface area (Å²) in [4.78, 5) is 25.9. The first-order valence-corrected chi connectivity index (χ1v) is 10.5. The van der Waals surface area contributed by atoms with E-state index in [1.807, 2.05) is 19.1 Å². The summed E-state index contributed by atoms with van der Waals surface area (Å²) in [6, 6.07) is 12.2. The number of alkyl halides is 3. The lowest BCUT2D eigenvalue weighted by molar-refractivity contribution is -0.274. The fourth-order valence-electron chi connectivity index (χ4n) is 2.60. The van der Waals surface area contributed by atoms with Crippen LogP contribution in [0, 0.1) is 6.92 Å². The van der Waals surface area contributed by atoms with Crippen molar-refractivity contribution in [2.75, 3.05) is 24.7 Å². The molecule has 0 fully saturated rings. The van der Waals surface area contributed by atoms with E-state index in [9.17, 15) is 22.8 Å². The van der Waals surface area contributed by atoms with E-state index >= 15 is 0 Å². The minimum atomic E-state index is -4.79. The zero-order valence-electron chi connectivity index (χ0n) is 17.5. The second-order valence-corrected chi connectivity index (χ2v) is 7.81. The first-order valence-electron chi connectivity index (χ1n) is 9.48. The molecule has 0 saturated carbocycles. The van der Waals surface area contributed by atoms with Gasteiger partial charge in [0.05, 0.1) is 18.0 Å². The summed E-state index contributed by atoms with van der Waals surface area (Å²) in [6.07, 6.45) is -4.79. The van der Waals surface area contributed by atoms with E-state index in [0.29, 0.717) is 11.4 Å². The van der Waals surface area contributed by atoms with Gasteiger partial charge in [-0.05, 0) is 53.7 Å². The molecule has 2 aromatic carbocycles. The van der Waals surface area contributed by atoms with Gasteiger partial charge >= 0.3 is 6.36 Å². The first-order chi connectivity index (χ1) is 15.6. The molecule has 0 unspecified atom stereocenters. The predicted octanol–water partition coefficient (Wildman–Crippen LogP) is 3.06. The van der Waals surface area contributed by atoms with Crippen LogP contribution < -0.4 is 10.1 Å². The van der Waals surface area contributed by atoms with Crippen LogP contribution in [0.2, 0.25) is 0 Å². The van der Waals surface area contributed by atoms with Crippen LogP contribution in [0.5, 0.6) is 5.75 Å². The summed E-state index contributed by atoms with van der Waals surface area (Å²) < 4.78 is 42.0. The third-order valence-electron chi connectivity index (χ3n) is 4.22. The Morgan fingerprint density at radius 3 is 2.42 bits per heavy atom. The average Bonchev–Trinajstić information content (AvgIpc) is 3.21. The molecule has 0 saturated heterocycles. The van der Waals surface area contributed by atoms with Crippen molar-refractivity contribution in [3.05, 3.63) is 54.1 Å². The predicted molar refractivity (Wildman–Crippen MR) is 114 cm³/mol. The summed E-state index contributed by atoms with van der Waals surface area (Å²) in [6.45, 7) is 1.79. The maximum Gasteiger partial charge on any atom is 0.573 e. The van der Waals surface area contributed by atoms with Crippen molar-refractivity contribution < 1.29 is 27.5 Å². The van der Waals surface area contributed by atoms with Crippen LogP contribution >= 0.6 is 11.8 Å². The van der Waals surface area contributed by atoms with Crippen molar-refractivity contribution in [2.45, 2.75) is 18.4 Å². The normalized spacial score (nSPS) is 11.2. The Hall–Kier alpha value is -3.61. The fraction of sp³-hybridized carbons (Fsp3) is 0.250. The summed E-state index contributed by atoms with van der Waals surface area (Å²) in [7, 11) is 1.50. The first kappa shape index (κ1) is 24.0. The third-order valence-corrected chi connectivity index (χ3v) is 5.13. The van der Waals surface area contributed by atoms with Gasteiger partial charge in [0.15, 0.2) is 0 Å². The van der Waals surface area contributed by atoms with Gasteiger partial charge in [-0.1, -0.05) is 29.5 Å². The number of anilines is 1. The highest BCUT2D eigenvalue weighted by Crippen LogP contribution is 2.25. The highest BCUT2D eigenvalue weighted by Gasteiger charge is 2.31. The lowest BCUT2D eigenvalue weighted by Gasteiger charge is -2.16. The maximum absolute atomic E-state index is 12.4. The number of amides is 2. The Morgan fingerprint density at radius 2 is 1.79 bits per heavy atom. The molecule has 33 heavy (non-hydrogen) atoms. The Bertz CT molecular complexity index is 1100. The number of rotatable bonds is 8. The molecule has 9 nitrogen and oxygen atoms in total. The van der Waals surface area contributed by atoms with Crippen LogP contribution in [0.25, 0.3) is 5.69 Å². The molecule has 0 bridgehead atoms. The molecule has 1 heterocycles. The molecule has 0 aliphatic carbocycles. The summed E-state index contributed by atoms with van der Waals surface area (Å²) in [5, 5.41) is 14.1. The van der Waals surface area contributed by atoms with Gasteiger partial charge in [0.25, 0.3) is 0 Å². The number of likely N-dealkylation sites (N-methyl/N-ethyl adjacent to an activating group) is 1. The summed E-state index contributed by atoms with van der Waals surface area (Å²) in [5.74, 6) is -1.10. The van der Waals surface area contributed by atoms with E-state index in [1.165, 1.54) is 28.8 Å². The number of aryl methyl sites for hydroxylation is 1. The van der Waals surface area contributed by atoms with Gasteiger partial charge < -0.3 is 15.0 Å². The molecule has 0 atom stereocenters. The van der Waals surface area contributed by atoms with Crippen molar-refractivity contribution in [2.24, 2.45) is 0 Å². The van der Waals surface area contributed by atoms with E-state index in [0.717, 1.165) is 29.5 Å². The molecule has 2 amide bonds. The number of carbonyl (C=O) groups is 2. The third kappa shape index (κ3) is 7.20. The minimum Gasteiger partial charge on any atom is -0.406 e. The zero-order chi connectivity index (χ0) is 24.0. The standard InChI is InChI=1S/C20H19F3N6O3S/c1-13-3-5-14(6-4-13)24-17(30)11-28(2)18(31)12-33-19-25-26-27-29(19)15-7-9-16(10-8-15)32-20(21,22)23/h3-10H,11-12H2,1-2H3,(H,24,30). The van der Waals surface area contributed by atoms with Gasteiger partial charge in [-0.15, -0.1) is 18.3 Å².